The number of carbonyl (C=O) groups is 1. The first-order valence-electron chi connectivity index (χ1n) is 11.3. The maximum Gasteiger partial charge on any atom is 0.245 e. The summed E-state index contributed by atoms with van der Waals surface area (Å²) in [5.74, 6) is 3.27. The van der Waals surface area contributed by atoms with Crippen LogP contribution in [0, 0.1) is 5.92 Å². The molecule has 1 N–H and O–H groups in total. The van der Waals surface area contributed by atoms with Crippen molar-refractivity contribution in [2.24, 2.45) is 5.92 Å². The van der Waals surface area contributed by atoms with E-state index in [2.05, 4.69) is 34.8 Å². The minimum absolute atomic E-state index is 0.0375. The Morgan fingerprint density at radius 3 is 2.47 bits per heavy atom. The van der Waals surface area contributed by atoms with Crippen LogP contribution in [-0.4, -0.2) is 40.2 Å². The molecule has 0 radical (unpaired) electrons. The summed E-state index contributed by atoms with van der Waals surface area (Å²) in [7, 11) is 0. The van der Waals surface area contributed by atoms with Gasteiger partial charge in [-0.15, -0.1) is 0 Å². The number of nitrogens with zero attached hydrogens (tertiary/aromatic N) is 3. The van der Waals surface area contributed by atoms with Gasteiger partial charge < -0.3 is 15.0 Å². The average Bonchev–Trinajstić information content (AvgIpc) is 3.29. The molecule has 3 aromatic rings. The molecule has 2 aliphatic rings. The maximum absolute atomic E-state index is 11.9. The quantitative estimate of drug-likeness (QED) is 0.573. The number of hydrogen-bond acceptors (Lipinski definition) is 4. The minimum Gasteiger partial charge on any atom is -0.457 e. The van der Waals surface area contributed by atoms with Crippen molar-refractivity contribution in [1.82, 2.24) is 14.7 Å². The molecule has 2 aromatic carbocycles. The number of carbonyl (C=O) groups excluding carboxylic acids is 1. The molecule has 1 aromatic heterocycles. The van der Waals surface area contributed by atoms with Crippen LogP contribution in [0.15, 0.2) is 73.3 Å². The van der Waals surface area contributed by atoms with Crippen molar-refractivity contribution in [2.45, 2.75) is 25.3 Å². The third kappa shape index (κ3) is 4.13. The Bertz CT molecular complexity index is 1080. The zero-order valence-electron chi connectivity index (χ0n) is 18.1. The van der Waals surface area contributed by atoms with Crippen LogP contribution in [0.3, 0.4) is 0 Å². The molecule has 1 fully saturated rings. The first kappa shape index (κ1) is 20.4. The maximum atomic E-state index is 11.9. The molecule has 2 aliphatic heterocycles. The van der Waals surface area contributed by atoms with Crippen molar-refractivity contribution in [2.75, 3.05) is 25.0 Å². The number of likely N-dealkylation sites (tertiary alicyclic amines) is 1. The van der Waals surface area contributed by atoms with E-state index in [1.165, 1.54) is 6.08 Å². The Morgan fingerprint density at radius 1 is 1.03 bits per heavy atom. The van der Waals surface area contributed by atoms with Crippen LogP contribution in [0.5, 0.6) is 11.5 Å². The van der Waals surface area contributed by atoms with Crippen molar-refractivity contribution in [3.63, 3.8) is 0 Å². The first-order chi connectivity index (χ1) is 15.7. The largest absolute Gasteiger partial charge is 0.457 e. The summed E-state index contributed by atoms with van der Waals surface area (Å²) < 4.78 is 8.08. The second-order valence-electron chi connectivity index (χ2n) is 8.45. The molecule has 6 heteroatoms. The number of aromatic nitrogens is 2. The summed E-state index contributed by atoms with van der Waals surface area (Å²) in [6, 6.07) is 20.4. The molecular formula is C26H28N4O2. The van der Waals surface area contributed by atoms with Crippen molar-refractivity contribution in [3.8, 4) is 22.8 Å². The zero-order chi connectivity index (χ0) is 21.9. The van der Waals surface area contributed by atoms with Crippen molar-refractivity contribution >= 4 is 11.7 Å². The molecule has 0 bridgehead atoms. The number of hydrogen-bond donors (Lipinski definition) is 1. The van der Waals surface area contributed by atoms with Crippen LogP contribution in [0.1, 0.15) is 25.3 Å². The van der Waals surface area contributed by atoms with E-state index in [9.17, 15) is 4.79 Å². The Labute approximate surface area is 188 Å². The molecular weight excluding hydrogens is 400 g/mol. The number of rotatable bonds is 5. The van der Waals surface area contributed by atoms with Crippen LogP contribution in [0.2, 0.25) is 0 Å². The topological polar surface area (TPSA) is 59.4 Å². The summed E-state index contributed by atoms with van der Waals surface area (Å²) in [5.41, 5.74) is 2.03. The summed E-state index contributed by atoms with van der Waals surface area (Å²) in [5, 5.41) is 8.48. The van der Waals surface area contributed by atoms with Crippen molar-refractivity contribution < 1.29 is 9.53 Å². The number of fused-ring (bicyclic) bond motifs is 1. The fourth-order valence-corrected chi connectivity index (χ4v) is 4.78. The number of para-hydroxylation sites is 1. The number of benzene rings is 2. The molecule has 0 saturated carbocycles. The lowest BCUT2D eigenvalue weighted by Gasteiger charge is -2.38. The predicted octanol–water partition coefficient (Wildman–Crippen LogP) is 5.12. The van der Waals surface area contributed by atoms with Gasteiger partial charge >= 0.3 is 0 Å². The normalized spacial score (nSPS) is 18.5. The molecule has 164 valence electrons. The number of anilines is 1. The van der Waals surface area contributed by atoms with Crippen molar-refractivity contribution in [3.05, 3.63) is 73.3 Å². The van der Waals surface area contributed by atoms with Gasteiger partial charge in [-0.05, 0) is 67.7 Å². The SMILES string of the molecule is C=CC(=O)N1CCC([C@H]2CCNc3cc(-c4ccc(Oc5ccccc5)cc4)nn32)CC1. The van der Waals surface area contributed by atoms with Gasteiger partial charge in [0.2, 0.25) is 5.91 Å². The lowest BCUT2D eigenvalue weighted by Crippen LogP contribution is -2.41. The smallest absolute Gasteiger partial charge is 0.245 e. The van der Waals surface area contributed by atoms with Crippen LogP contribution >= 0.6 is 0 Å². The van der Waals surface area contributed by atoms with Crippen LogP contribution < -0.4 is 10.1 Å². The lowest BCUT2D eigenvalue weighted by atomic mass is 9.87. The number of piperidine rings is 1. The molecule has 0 aliphatic carbocycles. The number of amides is 1. The molecule has 1 saturated heterocycles. The molecule has 6 nitrogen and oxygen atoms in total. The van der Waals surface area contributed by atoms with Gasteiger partial charge in [0, 0.05) is 31.3 Å². The van der Waals surface area contributed by atoms with E-state index in [4.69, 9.17) is 9.84 Å². The highest BCUT2D eigenvalue weighted by atomic mass is 16.5. The molecule has 32 heavy (non-hydrogen) atoms. The molecule has 0 unspecified atom stereocenters. The van der Waals surface area contributed by atoms with E-state index in [1.807, 2.05) is 47.4 Å². The van der Waals surface area contributed by atoms with Crippen LogP contribution in [0.4, 0.5) is 5.82 Å². The Balaban J connectivity index is 1.30. The molecule has 0 spiro atoms. The zero-order valence-corrected chi connectivity index (χ0v) is 18.1. The van der Waals surface area contributed by atoms with Crippen LogP contribution in [-0.2, 0) is 4.79 Å². The third-order valence-electron chi connectivity index (χ3n) is 6.50. The first-order valence-corrected chi connectivity index (χ1v) is 11.3. The molecule has 1 amide bonds. The van der Waals surface area contributed by atoms with E-state index in [0.29, 0.717) is 12.0 Å². The van der Waals surface area contributed by atoms with Gasteiger partial charge in [-0.1, -0.05) is 24.8 Å². The van der Waals surface area contributed by atoms with E-state index >= 15 is 0 Å². The van der Waals surface area contributed by atoms with Gasteiger partial charge in [-0.3, -0.25) is 4.79 Å². The fourth-order valence-electron chi connectivity index (χ4n) is 4.78. The summed E-state index contributed by atoms with van der Waals surface area (Å²) >= 11 is 0. The van der Waals surface area contributed by atoms with E-state index in [0.717, 1.165) is 67.5 Å². The standard InChI is InChI=1S/C26H28N4O2/c1-2-26(31)29-16-13-20(14-17-29)24-12-15-27-25-18-23(28-30(24)25)19-8-10-22(11-9-19)32-21-6-4-3-5-7-21/h2-11,18,20,24,27H,1,12-17H2/t24-/m1/s1. The van der Waals surface area contributed by atoms with Gasteiger partial charge in [0.1, 0.15) is 17.3 Å². The fraction of sp³-hybridized carbons (Fsp3) is 0.308. The summed E-state index contributed by atoms with van der Waals surface area (Å²) in [6.07, 6.45) is 4.48. The molecule has 1 atom stereocenters. The predicted molar refractivity (Wildman–Crippen MR) is 126 cm³/mol. The van der Waals surface area contributed by atoms with Gasteiger partial charge in [-0.25, -0.2) is 4.68 Å². The number of ether oxygens (including phenoxy) is 1. The highest BCUT2D eigenvalue weighted by molar-refractivity contribution is 5.87. The van der Waals surface area contributed by atoms with E-state index < -0.39 is 0 Å². The highest BCUT2D eigenvalue weighted by Crippen LogP contribution is 2.37. The summed E-state index contributed by atoms with van der Waals surface area (Å²) in [4.78, 5) is 13.8. The van der Waals surface area contributed by atoms with E-state index in [1.54, 1.807) is 0 Å². The Hall–Kier alpha value is -3.54. The van der Waals surface area contributed by atoms with Gasteiger partial charge in [0.25, 0.3) is 0 Å². The van der Waals surface area contributed by atoms with Crippen molar-refractivity contribution in [1.29, 1.82) is 0 Å². The van der Waals surface area contributed by atoms with E-state index in [-0.39, 0.29) is 5.91 Å². The molecule has 3 heterocycles. The highest BCUT2D eigenvalue weighted by Gasteiger charge is 2.32. The Kier molecular flexibility index (Phi) is 5.67. The second kappa shape index (κ2) is 8.91. The van der Waals surface area contributed by atoms with Gasteiger partial charge in [0.15, 0.2) is 0 Å². The Morgan fingerprint density at radius 2 is 1.75 bits per heavy atom. The minimum atomic E-state index is 0.0375. The van der Waals surface area contributed by atoms with Gasteiger partial charge in [-0.2, -0.15) is 5.10 Å². The van der Waals surface area contributed by atoms with Crippen LogP contribution in [0.25, 0.3) is 11.3 Å². The third-order valence-corrected chi connectivity index (χ3v) is 6.50. The molecule has 5 rings (SSSR count). The number of nitrogens with one attached hydrogen (secondary N) is 1. The lowest BCUT2D eigenvalue weighted by molar-refractivity contribution is -0.127. The second-order valence-corrected chi connectivity index (χ2v) is 8.45. The summed E-state index contributed by atoms with van der Waals surface area (Å²) in [6.45, 7) is 6.16. The monoisotopic (exact) mass is 428 g/mol. The average molecular weight is 429 g/mol. The van der Waals surface area contributed by atoms with Gasteiger partial charge in [0.05, 0.1) is 11.7 Å².